The van der Waals surface area contributed by atoms with E-state index in [1.807, 2.05) is 26.8 Å². The highest BCUT2D eigenvalue weighted by molar-refractivity contribution is 7.90. The van der Waals surface area contributed by atoms with Gasteiger partial charge in [-0.1, -0.05) is 6.92 Å². The number of hydrogen-bond donors (Lipinski definition) is 4. The molecule has 1 aromatic carbocycles. The smallest absolute Gasteiger partial charge is 0.276 e. The van der Waals surface area contributed by atoms with Gasteiger partial charge in [-0.3, -0.25) is 14.6 Å². The average Bonchev–Trinajstić information content (AvgIpc) is 2.94. The van der Waals surface area contributed by atoms with E-state index in [9.17, 15) is 22.4 Å². The second-order valence-electron chi connectivity index (χ2n) is 11.6. The molecule has 0 spiro atoms. The maximum Gasteiger partial charge on any atom is 0.276 e. The van der Waals surface area contributed by atoms with Gasteiger partial charge in [0.15, 0.2) is 5.69 Å². The molecule has 0 saturated heterocycles. The lowest BCUT2D eigenvalue weighted by atomic mass is 9.74. The molecular weight excluding hydrogens is 587 g/mol. The van der Waals surface area contributed by atoms with Gasteiger partial charge in [-0.2, -0.15) is 0 Å². The van der Waals surface area contributed by atoms with Crippen molar-refractivity contribution in [2.45, 2.75) is 57.7 Å². The molecule has 13 heteroatoms. The molecule has 0 unspecified atom stereocenters. The van der Waals surface area contributed by atoms with Crippen LogP contribution in [0.5, 0.6) is 0 Å². The first kappa shape index (κ1) is 33.0. The number of halogens is 1. The number of carbonyl (C=O) groups is 2. The molecule has 1 fully saturated rings. The van der Waals surface area contributed by atoms with Crippen molar-refractivity contribution in [3.63, 3.8) is 0 Å². The molecule has 1 aliphatic rings. The second-order valence-corrected chi connectivity index (χ2v) is 13.9. The Morgan fingerprint density at radius 2 is 1.89 bits per heavy atom. The summed E-state index contributed by atoms with van der Waals surface area (Å²) < 4.78 is 43.7. The standard InChI is InChI=1S/C31H39FN6O5S/c1-17(2)36-30(39)19-5-6-23(32)22(14-19)26-8-7-24(33)28(37-26)31(40)38-27-16-35-10-9-21(27)20-13-18(3)29(25(34)15-20)43-11-12-44(4,41)42/h5-10,14,16-18,20,25,29H,11-13,15,33-34H2,1-4H3,(H,36,39)(H,38,40)/t18-,20+,25+,29-/m0/s1. The third-order valence-corrected chi connectivity index (χ3v) is 8.48. The highest BCUT2D eigenvalue weighted by Crippen LogP contribution is 2.39. The van der Waals surface area contributed by atoms with Gasteiger partial charge in [0.1, 0.15) is 15.7 Å². The number of nitrogens with two attached hydrogens (primary N) is 2. The first-order valence-corrected chi connectivity index (χ1v) is 16.5. The van der Waals surface area contributed by atoms with E-state index in [1.54, 1.807) is 6.20 Å². The zero-order valence-corrected chi connectivity index (χ0v) is 26.0. The van der Waals surface area contributed by atoms with Crippen LogP contribution >= 0.6 is 0 Å². The Morgan fingerprint density at radius 3 is 2.57 bits per heavy atom. The molecule has 3 aromatic rings. The van der Waals surface area contributed by atoms with E-state index in [0.29, 0.717) is 18.5 Å². The predicted octanol–water partition coefficient (Wildman–Crippen LogP) is 3.53. The Morgan fingerprint density at radius 1 is 1.14 bits per heavy atom. The van der Waals surface area contributed by atoms with Crippen molar-refractivity contribution >= 4 is 33.0 Å². The fourth-order valence-electron chi connectivity index (χ4n) is 5.50. The zero-order chi connectivity index (χ0) is 32.2. The Balaban J connectivity index is 1.54. The van der Waals surface area contributed by atoms with Gasteiger partial charge in [0.25, 0.3) is 11.8 Å². The topological polar surface area (TPSA) is 179 Å². The van der Waals surface area contributed by atoms with Crippen LogP contribution < -0.4 is 22.1 Å². The Labute approximate surface area is 256 Å². The van der Waals surface area contributed by atoms with E-state index >= 15 is 0 Å². The predicted molar refractivity (Wildman–Crippen MR) is 167 cm³/mol. The summed E-state index contributed by atoms with van der Waals surface area (Å²) in [6, 6.07) is 8.28. The van der Waals surface area contributed by atoms with Crippen LogP contribution in [-0.4, -0.2) is 67.0 Å². The fourth-order valence-corrected chi connectivity index (χ4v) is 5.90. The summed E-state index contributed by atoms with van der Waals surface area (Å²) in [6.45, 7) is 5.73. The number of amides is 2. The van der Waals surface area contributed by atoms with Crippen LogP contribution in [0.3, 0.4) is 0 Å². The van der Waals surface area contributed by atoms with Crippen molar-refractivity contribution < 1.29 is 27.1 Å². The van der Waals surface area contributed by atoms with Gasteiger partial charge in [0.05, 0.1) is 41.7 Å². The number of anilines is 2. The molecule has 2 amide bonds. The minimum Gasteiger partial charge on any atom is -0.397 e. The van der Waals surface area contributed by atoms with Crippen LogP contribution in [-0.2, 0) is 14.6 Å². The number of nitrogens with one attached hydrogen (secondary N) is 2. The second kappa shape index (κ2) is 13.8. The first-order chi connectivity index (χ1) is 20.7. The van der Waals surface area contributed by atoms with Crippen LogP contribution in [0.4, 0.5) is 15.8 Å². The molecule has 2 aromatic heterocycles. The van der Waals surface area contributed by atoms with Gasteiger partial charge in [0.2, 0.25) is 0 Å². The number of sulfone groups is 1. The number of pyridine rings is 2. The highest BCUT2D eigenvalue weighted by Gasteiger charge is 2.36. The minimum atomic E-state index is -3.15. The molecule has 0 aliphatic heterocycles. The van der Waals surface area contributed by atoms with Crippen molar-refractivity contribution in [2.75, 3.05) is 29.7 Å². The summed E-state index contributed by atoms with van der Waals surface area (Å²) in [5, 5.41) is 5.63. The molecule has 0 radical (unpaired) electrons. The minimum absolute atomic E-state index is 0.0291. The van der Waals surface area contributed by atoms with E-state index in [4.69, 9.17) is 16.2 Å². The van der Waals surface area contributed by atoms with Crippen LogP contribution in [0, 0.1) is 11.7 Å². The summed E-state index contributed by atoms with van der Waals surface area (Å²) in [5.74, 6) is -1.65. The SMILES string of the molecule is CC(C)NC(=O)c1ccc(F)c(-c2ccc(N)c(C(=O)Nc3cnccc3[C@H]3C[C@@H](N)[C@@H](OCCS(C)(=O)=O)[C@@H](C)C3)n2)c1. The number of carbonyl (C=O) groups excluding carboxylic acids is 2. The lowest BCUT2D eigenvalue weighted by Crippen LogP contribution is -2.47. The largest absolute Gasteiger partial charge is 0.397 e. The van der Waals surface area contributed by atoms with Gasteiger partial charge in [-0.15, -0.1) is 0 Å². The Kier molecular flexibility index (Phi) is 10.3. The van der Waals surface area contributed by atoms with Gasteiger partial charge < -0.3 is 26.8 Å². The molecular formula is C31H39FN6O5S. The molecule has 11 nitrogen and oxygen atoms in total. The molecule has 4 atom stereocenters. The summed E-state index contributed by atoms with van der Waals surface area (Å²) in [5.41, 5.74) is 14.3. The van der Waals surface area contributed by atoms with Gasteiger partial charge in [0, 0.05) is 35.7 Å². The number of benzene rings is 1. The maximum absolute atomic E-state index is 14.9. The first-order valence-electron chi connectivity index (χ1n) is 14.4. The molecule has 1 aliphatic carbocycles. The molecule has 2 heterocycles. The van der Waals surface area contributed by atoms with E-state index in [-0.39, 0.29) is 76.5 Å². The van der Waals surface area contributed by atoms with Crippen LogP contribution in [0.1, 0.15) is 65.9 Å². The van der Waals surface area contributed by atoms with Crippen molar-refractivity contribution in [3.05, 3.63) is 71.4 Å². The van der Waals surface area contributed by atoms with Crippen molar-refractivity contribution in [1.82, 2.24) is 15.3 Å². The number of ether oxygens (including phenoxy) is 1. The van der Waals surface area contributed by atoms with Crippen molar-refractivity contribution in [2.24, 2.45) is 11.7 Å². The normalized spacial score (nSPS) is 20.3. The number of nitrogens with zero attached hydrogens (tertiary/aromatic N) is 2. The Bertz CT molecular complexity index is 1620. The van der Waals surface area contributed by atoms with Crippen LogP contribution in [0.15, 0.2) is 48.8 Å². The number of nitrogen functional groups attached to an aromatic ring is 1. The fraction of sp³-hybridized carbons (Fsp3) is 0.419. The van der Waals surface area contributed by atoms with Crippen molar-refractivity contribution in [3.8, 4) is 11.3 Å². The van der Waals surface area contributed by atoms with E-state index in [0.717, 1.165) is 5.56 Å². The third kappa shape index (κ3) is 8.16. The monoisotopic (exact) mass is 626 g/mol. The van der Waals surface area contributed by atoms with Gasteiger partial charge >= 0.3 is 0 Å². The Hall–Kier alpha value is -3.94. The summed E-state index contributed by atoms with van der Waals surface area (Å²) in [7, 11) is -3.15. The zero-order valence-electron chi connectivity index (χ0n) is 25.2. The molecule has 1 saturated carbocycles. The van der Waals surface area contributed by atoms with E-state index < -0.39 is 21.6 Å². The van der Waals surface area contributed by atoms with Crippen molar-refractivity contribution in [1.29, 1.82) is 0 Å². The summed E-state index contributed by atoms with van der Waals surface area (Å²) in [4.78, 5) is 34.5. The van der Waals surface area contributed by atoms with E-state index in [1.165, 1.54) is 42.8 Å². The molecule has 44 heavy (non-hydrogen) atoms. The van der Waals surface area contributed by atoms with E-state index in [2.05, 4.69) is 20.6 Å². The lowest BCUT2D eigenvalue weighted by Gasteiger charge is -2.39. The quantitative estimate of drug-likeness (QED) is 0.262. The number of hydrogen-bond acceptors (Lipinski definition) is 9. The molecule has 4 rings (SSSR count). The number of rotatable bonds is 10. The summed E-state index contributed by atoms with van der Waals surface area (Å²) in [6.07, 6.45) is 5.29. The number of aromatic nitrogens is 2. The highest BCUT2D eigenvalue weighted by atomic mass is 32.2. The van der Waals surface area contributed by atoms with Gasteiger partial charge in [-0.25, -0.2) is 17.8 Å². The van der Waals surface area contributed by atoms with Crippen LogP contribution in [0.2, 0.25) is 0 Å². The lowest BCUT2D eigenvalue weighted by molar-refractivity contribution is -0.0152. The molecule has 236 valence electrons. The molecule has 0 bridgehead atoms. The average molecular weight is 627 g/mol. The molecule has 6 N–H and O–H groups in total. The summed E-state index contributed by atoms with van der Waals surface area (Å²) >= 11 is 0. The van der Waals surface area contributed by atoms with Gasteiger partial charge in [-0.05, 0) is 80.5 Å². The third-order valence-electron chi connectivity index (χ3n) is 7.57. The van der Waals surface area contributed by atoms with Crippen LogP contribution in [0.25, 0.3) is 11.3 Å². The maximum atomic E-state index is 14.9.